The first kappa shape index (κ1) is 18.6. The van der Waals surface area contributed by atoms with Gasteiger partial charge >= 0.3 is 11.9 Å². The van der Waals surface area contributed by atoms with Crippen LogP contribution in [-0.4, -0.2) is 53.2 Å². The first-order valence-corrected chi connectivity index (χ1v) is 7.33. The summed E-state index contributed by atoms with van der Waals surface area (Å²) >= 11 is 0. The Bertz CT molecular complexity index is 645. The summed E-state index contributed by atoms with van der Waals surface area (Å²) in [4.78, 5) is 32.7. The van der Waals surface area contributed by atoms with E-state index < -0.39 is 41.5 Å². The van der Waals surface area contributed by atoms with Crippen LogP contribution in [0.25, 0.3) is 0 Å². The molecule has 1 aliphatic heterocycles. The molecule has 1 saturated heterocycles. The van der Waals surface area contributed by atoms with Crippen LogP contribution in [0.5, 0.6) is 5.75 Å². The number of aliphatic hydroxyl groups excluding tert-OH is 1. The molecule has 25 heavy (non-hydrogen) atoms. The van der Waals surface area contributed by atoms with Crippen molar-refractivity contribution in [3.05, 3.63) is 34.4 Å². The Balaban J connectivity index is 2.19. The van der Waals surface area contributed by atoms with Crippen molar-refractivity contribution in [1.82, 2.24) is 0 Å². The molecule has 1 fully saturated rings. The quantitative estimate of drug-likeness (QED) is 0.456. The molecular weight excluding hydrogens is 338 g/mol. The average Bonchev–Trinajstić information content (AvgIpc) is 2.53. The van der Waals surface area contributed by atoms with Gasteiger partial charge in [0.05, 0.1) is 11.5 Å². The second kappa shape index (κ2) is 7.90. The molecule has 0 radical (unpaired) electrons. The maximum atomic E-state index is 11.3. The molecule has 0 saturated carbocycles. The number of ether oxygens (including phenoxy) is 4. The SMILES string of the molecule is CC(=O)O[C@@H]1[C@@H](OC(C)=O)[C@H](Oc2ccc([N+](=O)[O-])cc2)OC[C@H]1O. The number of benzene rings is 1. The summed E-state index contributed by atoms with van der Waals surface area (Å²) in [5, 5.41) is 20.6. The monoisotopic (exact) mass is 355 g/mol. The van der Waals surface area contributed by atoms with Crippen LogP contribution in [-0.2, 0) is 23.8 Å². The van der Waals surface area contributed by atoms with Crippen molar-refractivity contribution in [2.24, 2.45) is 0 Å². The number of nitro benzene ring substituents is 1. The van der Waals surface area contributed by atoms with Crippen molar-refractivity contribution in [1.29, 1.82) is 0 Å². The summed E-state index contributed by atoms with van der Waals surface area (Å²) in [6, 6.07) is 5.16. The van der Waals surface area contributed by atoms with Crippen molar-refractivity contribution in [3.8, 4) is 5.75 Å². The molecule has 1 heterocycles. The van der Waals surface area contributed by atoms with Crippen LogP contribution >= 0.6 is 0 Å². The summed E-state index contributed by atoms with van der Waals surface area (Å²) in [5.74, 6) is -1.14. The smallest absolute Gasteiger partial charge is 0.303 e. The molecule has 1 N–H and O–H groups in total. The van der Waals surface area contributed by atoms with Crippen molar-refractivity contribution in [3.63, 3.8) is 0 Å². The minimum Gasteiger partial charge on any atom is -0.461 e. The lowest BCUT2D eigenvalue weighted by Gasteiger charge is -2.38. The topological polar surface area (TPSA) is 134 Å². The van der Waals surface area contributed by atoms with Gasteiger partial charge in [0.2, 0.25) is 12.4 Å². The Kier molecular flexibility index (Phi) is 5.88. The first-order valence-electron chi connectivity index (χ1n) is 7.33. The number of nitro groups is 1. The number of nitrogens with zero attached hydrogens (tertiary/aromatic N) is 1. The van der Waals surface area contributed by atoms with E-state index in [-0.39, 0.29) is 18.0 Å². The van der Waals surface area contributed by atoms with Gasteiger partial charge in [-0.05, 0) is 12.1 Å². The zero-order chi connectivity index (χ0) is 18.6. The number of rotatable bonds is 5. The van der Waals surface area contributed by atoms with E-state index in [1.54, 1.807) is 0 Å². The fourth-order valence-corrected chi connectivity index (χ4v) is 2.29. The summed E-state index contributed by atoms with van der Waals surface area (Å²) in [6.45, 7) is 2.08. The molecule has 0 aromatic heterocycles. The highest BCUT2D eigenvalue weighted by Crippen LogP contribution is 2.26. The third kappa shape index (κ3) is 4.88. The van der Waals surface area contributed by atoms with Gasteiger partial charge in [0, 0.05) is 26.0 Å². The Hall–Kier alpha value is -2.72. The standard InChI is InChI=1S/C15H17NO9/c1-8(17)23-13-12(19)7-22-15(14(13)24-9(2)18)25-11-5-3-10(4-6-11)16(20)21/h3-6,12-15,19H,7H2,1-2H3/t12-,13+,14-,15+/m1/s1. The Labute approximate surface area is 142 Å². The van der Waals surface area contributed by atoms with Crippen LogP contribution in [0.15, 0.2) is 24.3 Å². The van der Waals surface area contributed by atoms with E-state index in [1.165, 1.54) is 24.3 Å². The van der Waals surface area contributed by atoms with Gasteiger partial charge in [-0.25, -0.2) is 0 Å². The van der Waals surface area contributed by atoms with Gasteiger partial charge in [-0.3, -0.25) is 19.7 Å². The fraction of sp³-hybridized carbons (Fsp3) is 0.467. The van der Waals surface area contributed by atoms with Crippen LogP contribution < -0.4 is 4.74 Å². The zero-order valence-electron chi connectivity index (χ0n) is 13.5. The summed E-state index contributed by atoms with van der Waals surface area (Å²) < 4.78 is 21.0. The maximum absolute atomic E-state index is 11.3. The molecule has 1 aromatic carbocycles. The number of carbonyl (C=O) groups excluding carboxylic acids is 2. The van der Waals surface area contributed by atoms with Crippen molar-refractivity contribution >= 4 is 17.6 Å². The fourth-order valence-electron chi connectivity index (χ4n) is 2.29. The van der Waals surface area contributed by atoms with E-state index in [9.17, 15) is 24.8 Å². The minimum absolute atomic E-state index is 0.123. The van der Waals surface area contributed by atoms with Gasteiger partial charge < -0.3 is 24.1 Å². The van der Waals surface area contributed by atoms with Crippen LogP contribution in [0.3, 0.4) is 0 Å². The molecule has 10 heteroatoms. The van der Waals surface area contributed by atoms with Crippen molar-refractivity contribution in [2.75, 3.05) is 6.61 Å². The lowest BCUT2D eigenvalue weighted by molar-refractivity contribution is -0.384. The summed E-state index contributed by atoms with van der Waals surface area (Å²) in [6.07, 6.45) is -4.75. The van der Waals surface area contributed by atoms with Gasteiger partial charge in [-0.15, -0.1) is 0 Å². The normalized spacial score (nSPS) is 25.7. The van der Waals surface area contributed by atoms with Gasteiger partial charge in [0.1, 0.15) is 11.9 Å². The largest absolute Gasteiger partial charge is 0.461 e. The molecule has 0 amide bonds. The van der Waals surface area contributed by atoms with E-state index in [1.807, 2.05) is 0 Å². The van der Waals surface area contributed by atoms with Crippen molar-refractivity contribution in [2.45, 2.75) is 38.4 Å². The molecule has 2 rings (SSSR count). The number of hydrogen-bond acceptors (Lipinski definition) is 9. The highest BCUT2D eigenvalue weighted by Gasteiger charge is 2.46. The third-order valence-electron chi connectivity index (χ3n) is 3.31. The van der Waals surface area contributed by atoms with Crippen LogP contribution in [0, 0.1) is 10.1 Å². The lowest BCUT2D eigenvalue weighted by atomic mass is 10.0. The molecule has 0 aliphatic carbocycles. The highest BCUT2D eigenvalue weighted by molar-refractivity contribution is 5.67. The Morgan fingerprint density at radius 1 is 1.16 bits per heavy atom. The molecule has 0 spiro atoms. The zero-order valence-corrected chi connectivity index (χ0v) is 13.5. The van der Waals surface area contributed by atoms with Crippen LogP contribution in [0.2, 0.25) is 0 Å². The Morgan fingerprint density at radius 2 is 1.72 bits per heavy atom. The molecule has 1 aliphatic rings. The van der Waals surface area contributed by atoms with E-state index in [0.717, 1.165) is 13.8 Å². The third-order valence-corrected chi connectivity index (χ3v) is 3.31. The van der Waals surface area contributed by atoms with Gasteiger partial charge in [-0.2, -0.15) is 0 Å². The minimum atomic E-state index is -1.21. The predicted octanol–water partition coefficient (Wildman–Crippen LogP) is 0.554. The van der Waals surface area contributed by atoms with E-state index in [4.69, 9.17) is 18.9 Å². The van der Waals surface area contributed by atoms with Crippen molar-refractivity contribution < 1.29 is 38.6 Å². The van der Waals surface area contributed by atoms with Crippen LogP contribution in [0.4, 0.5) is 5.69 Å². The molecule has 1 aromatic rings. The van der Waals surface area contributed by atoms with E-state index >= 15 is 0 Å². The Morgan fingerprint density at radius 3 is 2.24 bits per heavy atom. The number of aliphatic hydroxyl groups is 1. The predicted molar refractivity (Wildman–Crippen MR) is 80.6 cm³/mol. The molecular formula is C15H17NO9. The van der Waals surface area contributed by atoms with Gasteiger partial charge in [-0.1, -0.05) is 0 Å². The number of non-ortho nitro benzene ring substituents is 1. The second-order valence-corrected chi connectivity index (χ2v) is 5.29. The van der Waals surface area contributed by atoms with E-state index in [2.05, 4.69) is 0 Å². The summed E-state index contributed by atoms with van der Waals surface area (Å²) in [7, 11) is 0. The van der Waals surface area contributed by atoms with E-state index in [0.29, 0.717) is 0 Å². The lowest BCUT2D eigenvalue weighted by Crippen LogP contribution is -2.57. The molecule has 136 valence electrons. The molecule has 4 atom stereocenters. The number of carbonyl (C=O) groups is 2. The maximum Gasteiger partial charge on any atom is 0.303 e. The molecule has 0 bridgehead atoms. The highest BCUT2D eigenvalue weighted by atomic mass is 16.7. The second-order valence-electron chi connectivity index (χ2n) is 5.29. The molecule has 10 nitrogen and oxygen atoms in total. The van der Waals surface area contributed by atoms with Gasteiger partial charge in [0.25, 0.3) is 5.69 Å². The average molecular weight is 355 g/mol. The number of hydrogen-bond donors (Lipinski definition) is 1. The number of esters is 2. The first-order chi connectivity index (χ1) is 11.8. The van der Waals surface area contributed by atoms with Gasteiger partial charge in [0.15, 0.2) is 6.10 Å². The molecule has 0 unspecified atom stereocenters. The van der Waals surface area contributed by atoms with Crippen LogP contribution in [0.1, 0.15) is 13.8 Å². The summed E-state index contributed by atoms with van der Waals surface area (Å²) in [5.41, 5.74) is -0.123.